The molecular formula is C15H20FN3O2. The summed E-state index contributed by atoms with van der Waals surface area (Å²) in [5, 5.41) is 0. The summed E-state index contributed by atoms with van der Waals surface area (Å²) in [7, 11) is 0. The Morgan fingerprint density at radius 2 is 1.71 bits per heavy atom. The van der Waals surface area contributed by atoms with Crippen LogP contribution in [-0.2, 0) is 16.0 Å². The highest BCUT2D eigenvalue weighted by atomic mass is 19.1. The van der Waals surface area contributed by atoms with E-state index in [0.717, 1.165) is 5.56 Å². The predicted molar refractivity (Wildman–Crippen MR) is 76.9 cm³/mol. The summed E-state index contributed by atoms with van der Waals surface area (Å²) < 4.78 is 12.8. The second-order valence-corrected chi connectivity index (χ2v) is 5.25. The number of carbonyl (C=O) groups is 2. The molecule has 2 rings (SSSR count). The van der Waals surface area contributed by atoms with Gasteiger partial charge in [0, 0.05) is 32.6 Å². The second-order valence-electron chi connectivity index (χ2n) is 5.25. The Morgan fingerprint density at radius 1 is 1.10 bits per heavy atom. The van der Waals surface area contributed by atoms with Crippen LogP contribution in [0.25, 0.3) is 0 Å². The zero-order chi connectivity index (χ0) is 15.2. The van der Waals surface area contributed by atoms with Gasteiger partial charge >= 0.3 is 0 Å². The topological polar surface area (TPSA) is 66.6 Å². The Kier molecular flexibility index (Phi) is 5.27. The van der Waals surface area contributed by atoms with Crippen LogP contribution >= 0.6 is 0 Å². The summed E-state index contributed by atoms with van der Waals surface area (Å²) in [5.74, 6) is -0.514. The highest BCUT2D eigenvalue weighted by Crippen LogP contribution is 2.09. The fraction of sp³-hybridized carbons (Fsp3) is 0.467. The Bertz CT molecular complexity index is 496. The number of aryl methyl sites for hydroxylation is 1. The molecule has 0 spiro atoms. The Balaban J connectivity index is 1.74. The summed E-state index contributed by atoms with van der Waals surface area (Å²) in [6.07, 6.45) is 1.03. The molecule has 0 aliphatic carbocycles. The van der Waals surface area contributed by atoms with Crippen molar-refractivity contribution in [1.29, 1.82) is 0 Å². The lowest BCUT2D eigenvalue weighted by Crippen LogP contribution is -2.50. The summed E-state index contributed by atoms with van der Waals surface area (Å²) in [4.78, 5) is 26.7. The van der Waals surface area contributed by atoms with E-state index in [-0.39, 0.29) is 24.2 Å². The molecule has 114 valence electrons. The van der Waals surface area contributed by atoms with Crippen molar-refractivity contribution in [3.05, 3.63) is 35.6 Å². The maximum Gasteiger partial charge on any atom is 0.231 e. The Morgan fingerprint density at radius 3 is 2.29 bits per heavy atom. The molecule has 6 heteroatoms. The van der Waals surface area contributed by atoms with Gasteiger partial charge in [-0.2, -0.15) is 0 Å². The first kappa shape index (κ1) is 15.4. The number of piperazine rings is 1. The van der Waals surface area contributed by atoms with Crippen molar-refractivity contribution in [3.63, 3.8) is 0 Å². The van der Waals surface area contributed by atoms with Crippen molar-refractivity contribution < 1.29 is 14.0 Å². The van der Waals surface area contributed by atoms with Gasteiger partial charge in [0.05, 0.1) is 6.54 Å². The van der Waals surface area contributed by atoms with Crippen LogP contribution in [0.15, 0.2) is 24.3 Å². The third kappa shape index (κ3) is 4.82. The van der Waals surface area contributed by atoms with Crippen LogP contribution in [0.4, 0.5) is 4.39 Å². The van der Waals surface area contributed by atoms with Crippen molar-refractivity contribution in [2.45, 2.75) is 12.8 Å². The third-order valence-electron chi connectivity index (χ3n) is 3.65. The summed E-state index contributed by atoms with van der Waals surface area (Å²) in [5.41, 5.74) is 6.11. The van der Waals surface area contributed by atoms with Crippen LogP contribution in [0.2, 0.25) is 0 Å². The van der Waals surface area contributed by atoms with Gasteiger partial charge in [0.25, 0.3) is 0 Å². The smallest absolute Gasteiger partial charge is 0.231 e. The lowest BCUT2D eigenvalue weighted by Gasteiger charge is -2.34. The summed E-state index contributed by atoms with van der Waals surface area (Å²) in [6.45, 7) is 2.83. The molecule has 5 nitrogen and oxygen atoms in total. The van der Waals surface area contributed by atoms with Crippen LogP contribution in [0, 0.1) is 5.82 Å². The molecule has 0 bridgehead atoms. The van der Waals surface area contributed by atoms with Gasteiger partial charge in [0.15, 0.2) is 0 Å². The number of rotatable bonds is 5. The van der Waals surface area contributed by atoms with E-state index in [2.05, 4.69) is 0 Å². The zero-order valence-corrected chi connectivity index (χ0v) is 11.9. The second kappa shape index (κ2) is 7.17. The monoisotopic (exact) mass is 293 g/mol. The van der Waals surface area contributed by atoms with Gasteiger partial charge in [-0.1, -0.05) is 12.1 Å². The molecule has 0 atom stereocenters. The van der Waals surface area contributed by atoms with E-state index in [9.17, 15) is 14.0 Å². The van der Waals surface area contributed by atoms with E-state index < -0.39 is 0 Å². The number of hydrogen-bond donors (Lipinski definition) is 1. The number of amides is 2. The van der Waals surface area contributed by atoms with E-state index in [4.69, 9.17) is 5.73 Å². The fourth-order valence-corrected chi connectivity index (χ4v) is 2.44. The highest BCUT2D eigenvalue weighted by molar-refractivity contribution is 5.77. The molecule has 0 aromatic heterocycles. The maximum absolute atomic E-state index is 12.8. The predicted octanol–water partition coefficient (Wildman–Crippen LogP) is 0.388. The van der Waals surface area contributed by atoms with Crippen LogP contribution in [0.5, 0.6) is 0 Å². The minimum atomic E-state index is -0.342. The third-order valence-corrected chi connectivity index (χ3v) is 3.65. The van der Waals surface area contributed by atoms with E-state index in [0.29, 0.717) is 39.0 Å². The van der Waals surface area contributed by atoms with Crippen LogP contribution in [-0.4, -0.2) is 54.3 Å². The van der Waals surface area contributed by atoms with Gasteiger partial charge in [0.2, 0.25) is 11.8 Å². The first-order valence-electron chi connectivity index (χ1n) is 7.07. The first-order chi connectivity index (χ1) is 10.0. The maximum atomic E-state index is 12.8. The fourth-order valence-electron chi connectivity index (χ4n) is 2.44. The molecule has 2 amide bonds. The highest BCUT2D eigenvalue weighted by Gasteiger charge is 2.21. The zero-order valence-electron chi connectivity index (χ0n) is 11.9. The van der Waals surface area contributed by atoms with Gasteiger partial charge in [-0.25, -0.2) is 4.39 Å². The van der Waals surface area contributed by atoms with Crippen LogP contribution in [0.3, 0.4) is 0 Å². The minimum absolute atomic E-state index is 0.0954. The van der Waals surface area contributed by atoms with Gasteiger partial charge in [-0.15, -0.1) is 0 Å². The molecule has 1 aliphatic heterocycles. The molecule has 1 aromatic carbocycles. The number of benzene rings is 1. The molecule has 21 heavy (non-hydrogen) atoms. The van der Waals surface area contributed by atoms with Gasteiger partial charge in [-0.3, -0.25) is 14.5 Å². The molecule has 1 fully saturated rings. The number of halogens is 1. The minimum Gasteiger partial charge on any atom is -0.369 e. The number of hydrogen-bond acceptors (Lipinski definition) is 3. The average Bonchev–Trinajstić information content (AvgIpc) is 2.46. The summed E-state index contributed by atoms with van der Waals surface area (Å²) >= 11 is 0. The largest absolute Gasteiger partial charge is 0.369 e. The molecule has 0 radical (unpaired) electrons. The van der Waals surface area contributed by atoms with E-state index in [1.807, 2.05) is 4.90 Å². The average molecular weight is 293 g/mol. The number of nitrogens with zero attached hydrogens (tertiary/aromatic N) is 2. The SMILES string of the molecule is NC(=O)CN1CCN(C(=O)CCc2ccc(F)cc2)CC1. The number of primary amides is 1. The number of carbonyl (C=O) groups excluding carboxylic acids is 2. The van der Waals surface area contributed by atoms with Crippen molar-refractivity contribution >= 4 is 11.8 Å². The van der Waals surface area contributed by atoms with Crippen molar-refractivity contribution in [2.75, 3.05) is 32.7 Å². The van der Waals surface area contributed by atoms with Crippen molar-refractivity contribution in [2.24, 2.45) is 5.73 Å². The standard InChI is InChI=1S/C15H20FN3O2/c16-13-4-1-12(2-5-13)3-6-15(21)19-9-7-18(8-10-19)11-14(17)20/h1-2,4-5H,3,6-11H2,(H2,17,20). The van der Waals surface area contributed by atoms with Crippen LogP contribution < -0.4 is 5.73 Å². The molecule has 1 heterocycles. The van der Waals surface area contributed by atoms with Crippen molar-refractivity contribution in [3.8, 4) is 0 Å². The molecule has 0 saturated carbocycles. The van der Waals surface area contributed by atoms with E-state index in [1.165, 1.54) is 12.1 Å². The van der Waals surface area contributed by atoms with Crippen molar-refractivity contribution in [1.82, 2.24) is 9.80 Å². The number of nitrogens with two attached hydrogens (primary N) is 1. The molecule has 1 aromatic rings. The molecule has 1 saturated heterocycles. The first-order valence-corrected chi connectivity index (χ1v) is 7.07. The van der Waals surface area contributed by atoms with E-state index >= 15 is 0 Å². The van der Waals surface area contributed by atoms with E-state index in [1.54, 1.807) is 17.0 Å². The Hall–Kier alpha value is -1.95. The van der Waals surface area contributed by atoms with Gasteiger partial charge in [0.1, 0.15) is 5.82 Å². The normalized spacial score (nSPS) is 16.0. The Labute approximate surface area is 123 Å². The molecule has 2 N–H and O–H groups in total. The lowest BCUT2D eigenvalue weighted by atomic mass is 10.1. The lowest BCUT2D eigenvalue weighted by molar-refractivity contribution is -0.133. The molecular weight excluding hydrogens is 273 g/mol. The quantitative estimate of drug-likeness (QED) is 0.854. The molecule has 0 unspecified atom stereocenters. The molecule has 1 aliphatic rings. The summed E-state index contributed by atoms with van der Waals surface area (Å²) in [6, 6.07) is 6.21. The van der Waals surface area contributed by atoms with Crippen LogP contribution in [0.1, 0.15) is 12.0 Å². The van der Waals surface area contributed by atoms with Gasteiger partial charge in [-0.05, 0) is 24.1 Å². The van der Waals surface area contributed by atoms with Gasteiger partial charge < -0.3 is 10.6 Å².